The molecule has 3 heterocycles. The van der Waals surface area contributed by atoms with Crippen LogP contribution in [-0.2, 0) is 6.42 Å². The van der Waals surface area contributed by atoms with Gasteiger partial charge in [-0.05, 0) is 42.3 Å². The molecule has 2 aromatic heterocycles. The molecule has 1 aliphatic heterocycles. The molecule has 1 aliphatic rings. The van der Waals surface area contributed by atoms with Crippen LogP contribution >= 0.6 is 0 Å². The molecule has 3 N–H and O–H groups in total. The number of aromatic nitrogens is 3. The summed E-state index contributed by atoms with van der Waals surface area (Å²) in [5.41, 5.74) is 6.67. The van der Waals surface area contributed by atoms with Crippen LogP contribution in [0.15, 0.2) is 73.1 Å². The summed E-state index contributed by atoms with van der Waals surface area (Å²) in [5.74, 6) is 1.28. The molecule has 0 saturated heterocycles. The summed E-state index contributed by atoms with van der Waals surface area (Å²) in [6, 6.07) is 19.9. The second-order valence-electron chi connectivity index (χ2n) is 6.83. The van der Waals surface area contributed by atoms with Gasteiger partial charge in [-0.3, -0.25) is 0 Å². The highest BCUT2D eigenvalue weighted by Gasteiger charge is 2.21. The maximum absolute atomic E-state index is 9.18. The van der Waals surface area contributed by atoms with Gasteiger partial charge in [-0.25, -0.2) is 15.0 Å². The van der Waals surface area contributed by atoms with Gasteiger partial charge < -0.3 is 15.7 Å². The lowest BCUT2D eigenvalue weighted by atomic mass is 10.0. The summed E-state index contributed by atoms with van der Waals surface area (Å²) >= 11 is 0. The molecule has 0 atom stereocenters. The van der Waals surface area contributed by atoms with Gasteiger partial charge in [0, 0.05) is 47.1 Å². The van der Waals surface area contributed by atoms with Gasteiger partial charge in [-0.15, -0.1) is 0 Å². The summed E-state index contributed by atoms with van der Waals surface area (Å²) in [6.45, 7) is 0.120. The number of hydrogen-bond acceptors (Lipinski definition) is 6. The van der Waals surface area contributed by atoms with E-state index < -0.39 is 0 Å². The number of pyridine rings is 1. The number of fused-ring (bicyclic) bond motifs is 5. The zero-order chi connectivity index (χ0) is 19.6. The van der Waals surface area contributed by atoms with E-state index in [0.717, 1.165) is 45.1 Å². The molecule has 0 fully saturated rings. The second-order valence-corrected chi connectivity index (χ2v) is 6.83. The topological polar surface area (TPSA) is 83.0 Å². The van der Waals surface area contributed by atoms with E-state index in [1.807, 2.05) is 60.8 Å². The fraction of sp³-hybridized carbons (Fsp3) is 0.0870. The Kier molecular flexibility index (Phi) is 4.38. The van der Waals surface area contributed by atoms with Gasteiger partial charge in [0.05, 0.1) is 5.69 Å². The van der Waals surface area contributed by atoms with Gasteiger partial charge in [0.2, 0.25) is 5.95 Å². The van der Waals surface area contributed by atoms with Crippen molar-refractivity contribution in [3.8, 4) is 22.4 Å². The lowest BCUT2D eigenvalue weighted by Gasteiger charge is -2.11. The fourth-order valence-electron chi connectivity index (χ4n) is 3.56. The van der Waals surface area contributed by atoms with Crippen molar-refractivity contribution in [3.05, 3.63) is 78.6 Å². The Labute approximate surface area is 168 Å². The first-order valence-electron chi connectivity index (χ1n) is 9.47. The Morgan fingerprint density at radius 3 is 2.72 bits per heavy atom. The van der Waals surface area contributed by atoms with Crippen LogP contribution in [-0.4, -0.2) is 26.7 Å². The lowest BCUT2D eigenvalue weighted by molar-refractivity contribution is 0.299. The number of aliphatic hydroxyl groups is 1. The summed E-state index contributed by atoms with van der Waals surface area (Å²) in [6.07, 6.45) is 4.24. The number of benzene rings is 2. The molecule has 0 saturated carbocycles. The molecular weight excluding hydrogens is 362 g/mol. The molecule has 5 rings (SSSR count). The minimum absolute atomic E-state index is 0.120. The van der Waals surface area contributed by atoms with Gasteiger partial charge in [-0.1, -0.05) is 30.3 Å². The van der Waals surface area contributed by atoms with Crippen molar-refractivity contribution in [3.63, 3.8) is 0 Å². The van der Waals surface area contributed by atoms with E-state index in [-0.39, 0.29) is 6.61 Å². The van der Waals surface area contributed by atoms with E-state index in [9.17, 15) is 5.11 Å². The van der Waals surface area contributed by atoms with Crippen molar-refractivity contribution in [2.24, 2.45) is 0 Å². The Morgan fingerprint density at radius 2 is 1.79 bits per heavy atom. The van der Waals surface area contributed by atoms with E-state index in [1.165, 1.54) is 0 Å². The van der Waals surface area contributed by atoms with Crippen LogP contribution in [0.5, 0.6) is 0 Å². The molecule has 4 aromatic rings. The summed E-state index contributed by atoms with van der Waals surface area (Å²) in [7, 11) is 0. The SMILES string of the molecule is OCCc1cccc(Nc2ncc3c(n2)-c2cccnc2Nc2ccccc2-3)c1. The van der Waals surface area contributed by atoms with Crippen LogP contribution in [0.25, 0.3) is 22.4 Å². The van der Waals surface area contributed by atoms with Crippen molar-refractivity contribution >= 4 is 23.1 Å². The molecule has 0 radical (unpaired) electrons. The molecule has 0 bridgehead atoms. The molecule has 29 heavy (non-hydrogen) atoms. The zero-order valence-corrected chi connectivity index (χ0v) is 15.6. The van der Waals surface area contributed by atoms with E-state index >= 15 is 0 Å². The minimum Gasteiger partial charge on any atom is -0.396 e. The summed E-state index contributed by atoms with van der Waals surface area (Å²) in [5, 5.41) is 15.9. The van der Waals surface area contributed by atoms with Crippen molar-refractivity contribution in [1.82, 2.24) is 15.0 Å². The maximum Gasteiger partial charge on any atom is 0.227 e. The molecule has 0 spiro atoms. The second kappa shape index (κ2) is 7.33. The largest absolute Gasteiger partial charge is 0.396 e. The van der Waals surface area contributed by atoms with E-state index in [4.69, 9.17) is 4.98 Å². The molecule has 0 unspecified atom stereocenters. The highest BCUT2D eigenvalue weighted by Crippen LogP contribution is 2.42. The Bertz CT molecular complexity index is 1190. The number of anilines is 4. The molecule has 142 valence electrons. The lowest BCUT2D eigenvalue weighted by Crippen LogP contribution is -2.01. The van der Waals surface area contributed by atoms with E-state index in [1.54, 1.807) is 6.20 Å². The first-order chi connectivity index (χ1) is 14.3. The average molecular weight is 381 g/mol. The van der Waals surface area contributed by atoms with Crippen molar-refractivity contribution in [2.75, 3.05) is 17.2 Å². The molecule has 0 amide bonds. The summed E-state index contributed by atoms with van der Waals surface area (Å²) in [4.78, 5) is 13.9. The molecule has 2 aromatic carbocycles. The van der Waals surface area contributed by atoms with Crippen LogP contribution in [0.2, 0.25) is 0 Å². The number of hydrogen-bond donors (Lipinski definition) is 3. The Balaban J connectivity index is 1.60. The van der Waals surface area contributed by atoms with Crippen molar-refractivity contribution in [2.45, 2.75) is 6.42 Å². The molecular formula is C23H19N5O. The van der Waals surface area contributed by atoms with Gasteiger partial charge in [0.25, 0.3) is 0 Å². The maximum atomic E-state index is 9.18. The van der Waals surface area contributed by atoms with Crippen molar-refractivity contribution in [1.29, 1.82) is 0 Å². The standard InChI is InChI=1S/C23H19N5O/c29-12-10-15-5-3-6-16(13-15)26-23-25-14-19-17-7-1-2-9-20(17)27-22-18(21(19)28-23)8-4-11-24-22/h1-9,11,13-14,29H,10,12H2,(H,24,27)(H,25,26,28). The third-order valence-corrected chi connectivity index (χ3v) is 4.91. The third-order valence-electron chi connectivity index (χ3n) is 4.91. The number of nitrogens with zero attached hydrogens (tertiary/aromatic N) is 3. The first-order valence-corrected chi connectivity index (χ1v) is 9.47. The van der Waals surface area contributed by atoms with Crippen molar-refractivity contribution < 1.29 is 5.11 Å². The van der Waals surface area contributed by atoms with Crippen LogP contribution in [0.1, 0.15) is 5.56 Å². The van der Waals surface area contributed by atoms with Gasteiger partial charge in [0.15, 0.2) is 0 Å². The smallest absolute Gasteiger partial charge is 0.227 e. The molecule has 6 heteroatoms. The normalized spacial score (nSPS) is 11.5. The monoisotopic (exact) mass is 381 g/mol. The number of aliphatic hydroxyl groups excluding tert-OH is 1. The van der Waals surface area contributed by atoms with Gasteiger partial charge in [0.1, 0.15) is 5.82 Å². The molecule has 6 nitrogen and oxygen atoms in total. The third kappa shape index (κ3) is 3.30. The van der Waals surface area contributed by atoms with Crippen LogP contribution in [0.3, 0.4) is 0 Å². The predicted molar refractivity (Wildman–Crippen MR) is 114 cm³/mol. The number of nitrogens with one attached hydrogen (secondary N) is 2. The van der Waals surface area contributed by atoms with E-state index in [2.05, 4.69) is 26.7 Å². The number of para-hydroxylation sites is 1. The minimum atomic E-state index is 0.120. The average Bonchev–Trinajstić information content (AvgIpc) is 2.89. The highest BCUT2D eigenvalue weighted by molar-refractivity contribution is 5.95. The molecule has 0 aliphatic carbocycles. The number of rotatable bonds is 4. The highest BCUT2D eigenvalue weighted by atomic mass is 16.2. The van der Waals surface area contributed by atoms with Gasteiger partial charge in [-0.2, -0.15) is 0 Å². The van der Waals surface area contributed by atoms with Gasteiger partial charge >= 0.3 is 0 Å². The van der Waals surface area contributed by atoms with Crippen LogP contribution in [0, 0.1) is 0 Å². The first kappa shape index (κ1) is 17.3. The van der Waals surface area contributed by atoms with Crippen LogP contribution in [0.4, 0.5) is 23.1 Å². The predicted octanol–water partition coefficient (Wildman–Crippen LogP) is 4.54. The Hall–Kier alpha value is -3.77. The fourth-order valence-corrected chi connectivity index (χ4v) is 3.56. The van der Waals surface area contributed by atoms with E-state index in [0.29, 0.717) is 12.4 Å². The van der Waals surface area contributed by atoms with Crippen LogP contribution < -0.4 is 10.6 Å². The zero-order valence-electron chi connectivity index (χ0n) is 15.6. The quantitative estimate of drug-likeness (QED) is 0.424. The summed E-state index contributed by atoms with van der Waals surface area (Å²) < 4.78 is 0. The Morgan fingerprint density at radius 1 is 0.897 bits per heavy atom.